The highest BCUT2D eigenvalue weighted by atomic mass is 16.6. The number of hydrazine groups is 1. The number of benzene rings is 1. The Morgan fingerprint density at radius 3 is 2.70 bits per heavy atom. The van der Waals surface area contributed by atoms with Gasteiger partial charge in [-0.15, -0.1) is 0 Å². The lowest BCUT2D eigenvalue weighted by Crippen LogP contribution is -2.47. The molecule has 3 atom stereocenters. The summed E-state index contributed by atoms with van der Waals surface area (Å²) in [6.07, 6.45) is 3.79. The Morgan fingerprint density at radius 2 is 2.00 bits per heavy atom. The first kappa shape index (κ1) is 15.2. The summed E-state index contributed by atoms with van der Waals surface area (Å²) in [5, 5.41) is 13.9. The maximum atomic E-state index is 12.3. The van der Waals surface area contributed by atoms with Crippen molar-refractivity contribution < 1.29 is 9.72 Å². The predicted octanol–water partition coefficient (Wildman–Crippen LogP) is 0.926. The van der Waals surface area contributed by atoms with Crippen LogP contribution in [0.5, 0.6) is 0 Å². The number of carbonyl (C=O) groups is 1. The second kappa shape index (κ2) is 6.19. The molecule has 0 saturated carbocycles. The lowest BCUT2D eigenvalue weighted by molar-refractivity contribution is -0.522. The minimum absolute atomic E-state index is 0.424. The van der Waals surface area contributed by atoms with Crippen LogP contribution < -0.4 is 16.2 Å². The Labute approximate surface area is 132 Å². The molecule has 3 unspecified atom stereocenters. The van der Waals surface area contributed by atoms with Gasteiger partial charge >= 0.3 is 0 Å². The molecular weight excluding hydrogens is 298 g/mol. The number of nitrogens with one attached hydrogen (secondary N) is 3. The van der Waals surface area contributed by atoms with Crippen molar-refractivity contribution in [2.75, 3.05) is 5.32 Å². The number of hydrogen-bond donors (Lipinski definition) is 3. The van der Waals surface area contributed by atoms with E-state index in [1.165, 1.54) is 0 Å². The number of aromatic nitrogens is 1. The van der Waals surface area contributed by atoms with Gasteiger partial charge in [0.05, 0.1) is 6.04 Å². The third-order valence-electron chi connectivity index (χ3n) is 3.86. The monoisotopic (exact) mass is 315 g/mol. The van der Waals surface area contributed by atoms with Gasteiger partial charge in [-0.05, 0) is 37.3 Å². The Hall–Kier alpha value is -2.71. The highest BCUT2D eigenvalue weighted by Gasteiger charge is 2.46. The van der Waals surface area contributed by atoms with Crippen LogP contribution in [0.2, 0.25) is 0 Å². The second-order valence-electron chi connectivity index (χ2n) is 5.46. The molecule has 1 aliphatic heterocycles. The van der Waals surface area contributed by atoms with Crippen LogP contribution in [0.1, 0.15) is 6.92 Å². The third kappa shape index (κ3) is 3.08. The minimum atomic E-state index is -1.01. The van der Waals surface area contributed by atoms with E-state index in [0.29, 0.717) is 5.69 Å². The first-order chi connectivity index (χ1) is 11.1. The van der Waals surface area contributed by atoms with Crippen LogP contribution in [0.3, 0.4) is 0 Å². The molecule has 0 radical (unpaired) electrons. The molecule has 2 aromatic rings. The summed E-state index contributed by atoms with van der Waals surface area (Å²) < 4.78 is 1.91. The van der Waals surface area contributed by atoms with Gasteiger partial charge in [0.25, 0.3) is 6.04 Å². The Balaban J connectivity index is 1.76. The predicted molar refractivity (Wildman–Crippen MR) is 84.7 cm³/mol. The molecule has 1 fully saturated rings. The van der Waals surface area contributed by atoms with Crippen molar-refractivity contribution in [1.82, 2.24) is 15.4 Å². The van der Waals surface area contributed by atoms with Crippen molar-refractivity contribution in [3.8, 4) is 5.69 Å². The van der Waals surface area contributed by atoms with Gasteiger partial charge in [-0.2, -0.15) is 0 Å². The van der Waals surface area contributed by atoms with Gasteiger partial charge in [0, 0.05) is 28.7 Å². The molecule has 120 valence electrons. The normalized spacial score (nSPS) is 23.6. The highest BCUT2D eigenvalue weighted by molar-refractivity contribution is 5.95. The number of nitro groups is 1. The summed E-state index contributed by atoms with van der Waals surface area (Å²) in [6.45, 7) is 1.67. The first-order valence-corrected chi connectivity index (χ1v) is 7.25. The average Bonchev–Trinajstić information content (AvgIpc) is 3.16. The van der Waals surface area contributed by atoms with Crippen LogP contribution in [-0.2, 0) is 4.79 Å². The second-order valence-corrected chi connectivity index (χ2v) is 5.46. The molecule has 8 heteroatoms. The highest BCUT2D eigenvalue weighted by Crippen LogP contribution is 2.17. The van der Waals surface area contributed by atoms with E-state index in [4.69, 9.17) is 0 Å². The topological polar surface area (TPSA) is 101 Å². The van der Waals surface area contributed by atoms with Gasteiger partial charge in [0.2, 0.25) is 5.91 Å². The molecule has 1 aromatic heterocycles. The number of rotatable bonds is 4. The van der Waals surface area contributed by atoms with Gasteiger partial charge < -0.3 is 9.88 Å². The number of carbonyl (C=O) groups excluding carboxylic acids is 1. The molecule has 0 bridgehead atoms. The SMILES string of the molecule is CC1NNC(C(=O)Nc2cccc(-n3cccc3)c2)C1[N+](=O)[O-]. The molecule has 0 aliphatic carbocycles. The zero-order valence-electron chi connectivity index (χ0n) is 12.5. The van der Waals surface area contributed by atoms with E-state index in [0.717, 1.165) is 5.69 Å². The van der Waals surface area contributed by atoms with E-state index in [1.807, 2.05) is 47.3 Å². The van der Waals surface area contributed by atoms with Crippen molar-refractivity contribution >= 4 is 11.6 Å². The summed E-state index contributed by atoms with van der Waals surface area (Å²) in [7, 11) is 0. The molecule has 3 N–H and O–H groups in total. The largest absolute Gasteiger partial charge is 0.324 e. The quantitative estimate of drug-likeness (QED) is 0.575. The molecule has 23 heavy (non-hydrogen) atoms. The zero-order chi connectivity index (χ0) is 16.4. The van der Waals surface area contributed by atoms with Crippen LogP contribution in [0.4, 0.5) is 5.69 Å². The summed E-state index contributed by atoms with van der Waals surface area (Å²) in [5.41, 5.74) is 6.92. The average molecular weight is 315 g/mol. The zero-order valence-corrected chi connectivity index (χ0v) is 12.5. The Bertz CT molecular complexity index is 716. The molecule has 0 spiro atoms. The molecule has 1 aromatic carbocycles. The Kier molecular flexibility index (Phi) is 4.09. The van der Waals surface area contributed by atoms with Crippen molar-refractivity contribution in [1.29, 1.82) is 0 Å². The van der Waals surface area contributed by atoms with Crippen LogP contribution in [0.25, 0.3) is 5.69 Å². The Morgan fingerprint density at radius 1 is 1.26 bits per heavy atom. The number of anilines is 1. The van der Waals surface area contributed by atoms with Gasteiger partial charge in [-0.25, -0.2) is 10.9 Å². The molecule has 8 nitrogen and oxygen atoms in total. The van der Waals surface area contributed by atoms with Crippen LogP contribution in [-0.4, -0.2) is 33.5 Å². The van der Waals surface area contributed by atoms with Crippen molar-refractivity contribution in [2.45, 2.75) is 25.0 Å². The van der Waals surface area contributed by atoms with Gasteiger partial charge in [0.15, 0.2) is 6.04 Å². The van der Waals surface area contributed by atoms with E-state index in [-0.39, 0.29) is 0 Å². The summed E-state index contributed by atoms with van der Waals surface area (Å²) in [5.74, 6) is -0.437. The lowest BCUT2D eigenvalue weighted by atomic mass is 10.0. The van der Waals surface area contributed by atoms with E-state index < -0.39 is 29.0 Å². The smallest absolute Gasteiger partial charge is 0.254 e. The molecule has 3 rings (SSSR count). The fourth-order valence-electron chi connectivity index (χ4n) is 2.68. The minimum Gasteiger partial charge on any atom is -0.324 e. The molecule has 1 amide bonds. The summed E-state index contributed by atoms with van der Waals surface area (Å²) in [6, 6.07) is 8.74. The summed E-state index contributed by atoms with van der Waals surface area (Å²) in [4.78, 5) is 23.0. The van der Waals surface area contributed by atoms with E-state index in [1.54, 1.807) is 13.0 Å². The van der Waals surface area contributed by atoms with E-state index in [2.05, 4.69) is 16.2 Å². The fraction of sp³-hybridized carbons (Fsp3) is 0.267. The maximum absolute atomic E-state index is 12.3. The van der Waals surface area contributed by atoms with Crippen LogP contribution >= 0.6 is 0 Å². The number of nitrogens with zero attached hydrogens (tertiary/aromatic N) is 2. The standard InChI is InChI=1S/C15H17N5O3/c1-10-14(20(22)23)13(18-17-10)15(21)16-11-5-4-6-12(9-11)19-7-2-3-8-19/h2-10,13-14,17-18H,1H3,(H,16,21). The van der Waals surface area contributed by atoms with Crippen molar-refractivity contribution in [2.24, 2.45) is 0 Å². The van der Waals surface area contributed by atoms with Gasteiger partial charge in [-0.3, -0.25) is 14.9 Å². The lowest BCUT2D eigenvalue weighted by Gasteiger charge is -2.14. The summed E-state index contributed by atoms with van der Waals surface area (Å²) >= 11 is 0. The molecular formula is C15H17N5O3. The molecule has 1 saturated heterocycles. The van der Waals surface area contributed by atoms with E-state index >= 15 is 0 Å². The molecule has 1 aliphatic rings. The van der Waals surface area contributed by atoms with E-state index in [9.17, 15) is 14.9 Å². The van der Waals surface area contributed by atoms with Crippen molar-refractivity contribution in [3.63, 3.8) is 0 Å². The van der Waals surface area contributed by atoms with Gasteiger partial charge in [-0.1, -0.05) is 6.07 Å². The first-order valence-electron chi connectivity index (χ1n) is 7.25. The number of hydrogen-bond acceptors (Lipinski definition) is 5. The van der Waals surface area contributed by atoms with Crippen molar-refractivity contribution in [3.05, 3.63) is 58.9 Å². The molecule has 2 heterocycles. The maximum Gasteiger partial charge on any atom is 0.254 e. The van der Waals surface area contributed by atoms with Gasteiger partial charge in [0.1, 0.15) is 0 Å². The van der Waals surface area contributed by atoms with Crippen LogP contribution in [0, 0.1) is 10.1 Å². The fourth-order valence-corrected chi connectivity index (χ4v) is 2.68. The van der Waals surface area contributed by atoms with Crippen LogP contribution in [0.15, 0.2) is 48.8 Å². The number of amides is 1. The third-order valence-corrected chi connectivity index (χ3v) is 3.86.